The van der Waals surface area contributed by atoms with E-state index in [4.69, 9.17) is 4.42 Å². The zero-order chi connectivity index (χ0) is 12.1. The highest BCUT2D eigenvalue weighted by Crippen LogP contribution is 2.21. The van der Waals surface area contributed by atoms with E-state index in [1.165, 1.54) is 11.8 Å². The maximum absolute atomic E-state index is 11.6. The van der Waals surface area contributed by atoms with Crippen molar-refractivity contribution in [2.45, 2.75) is 25.7 Å². The lowest BCUT2D eigenvalue weighted by atomic mass is 9.91. The molecule has 17 heavy (non-hydrogen) atoms. The first-order valence-corrected chi connectivity index (χ1v) is 5.93. The molecule has 1 aromatic heterocycles. The van der Waals surface area contributed by atoms with Gasteiger partial charge in [0.2, 0.25) is 0 Å². The molecule has 0 spiro atoms. The SMILES string of the molecule is CCC(Cc1ccccc1)c1cccoc1=O. The summed E-state index contributed by atoms with van der Waals surface area (Å²) in [6.45, 7) is 2.10. The summed E-state index contributed by atoms with van der Waals surface area (Å²) in [5.41, 5.74) is 1.82. The van der Waals surface area contributed by atoms with Crippen molar-refractivity contribution >= 4 is 0 Å². The van der Waals surface area contributed by atoms with E-state index in [0.29, 0.717) is 0 Å². The molecule has 1 aromatic carbocycles. The Morgan fingerprint density at radius 1 is 1.12 bits per heavy atom. The molecule has 88 valence electrons. The smallest absolute Gasteiger partial charge is 0.339 e. The Morgan fingerprint density at radius 3 is 2.53 bits per heavy atom. The van der Waals surface area contributed by atoms with Crippen molar-refractivity contribution in [1.29, 1.82) is 0 Å². The van der Waals surface area contributed by atoms with Gasteiger partial charge in [-0.15, -0.1) is 0 Å². The maximum Gasteiger partial charge on any atom is 0.339 e. The minimum absolute atomic E-state index is 0.213. The van der Waals surface area contributed by atoms with Crippen LogP contribution in [0.4, 0.5) is 0 Å². The molecular weight excluding hydrogens is 212 g/mol. The third kappa shape index (κ3) is 2.84. The van der Waals surface area contributed by atoms with Gasteiger partial charge in [-0.1, -0.05) is 37.3 Å². The fraction of sp³-hybridized carbons (Fsp3) is 0.267. The van der Waals surface area contributed by atoms with Gasteiger partial charge in [-0.2, -0.15) is 0 Å². The molecule has 1 heterocycles. The van der Waals surface area contributed by atoms with Crippen molar-refractivity contribution in [2.24, 2.45) is 0 Å². The molecule has 2 nitrogen and oxygen atoms in total. The Labute approximate surface area is 101 Å². The molecule has 0 saturated carbocycles. The van der Waals surface area contributed by atoms with Crippen LogP contribution in [0.5, 0.6) is 0 Å². The third-order valence-electron chi connectivity index (χ3n) is 3.02. The lowest BCUT2D eigenvalue weighted by molar-refractivity contribution is 0.487. The van der Waals surface area contributed by atoms with Crippen LogP contribution >= 0.6 is 0 Å². The topological polar surface area (TPSA) is 30.2 Å². The van der Waals surface area contributed by atoms with Crippen LogP contribution in [0.3, 0.4) is 0 Å². The molecule has 0 aliphatic rings. The molecule has 2 rings (SSSR count). The van der Waals surface area contributed by atoms with Gasteiger partial charge >= 0.3 is 5.63 Å². The van der Waals surface area contributed by atoms with E-state index in [1.54, 1.807) is 6.07 Å². The Bertz CT molecular complexity index is 514. The normalized spacial score (nSPS) is 12.3. The van der Waals surface area contributed by atoms with Crippen LogP contribution in [0, 0.1) is 0 Å². The Hall–Kier alpha value is -1.83. The van der Waals surface area contributed by atoms with E-state index in [1.807, 2.05) is 24.3 Å². The molecule has 1 unspecified atom stereocenters. The van der Waals surface area contributed by atoms with E-state index in [-0.39, 0.29) is 11.5 Å². The quantitative estimate of drug-likeness (QED) is 0.803. The Kier molecular flexibility index (Phi) is 3.76. The maximum atomic E-state index is 11.6. The summed E-state index contributed by atoms with van der Waals surface area (Å²) in [4.78, 5) is 11.6. The second kappa shape index (κ2) is 5.48. The van der Waals surface area contributed by atoms with Gasteiger partial charge in [0.25, 0.3) is 0 Å². The second-order valence-corrected chi connectivity index (χ2v) is 4.15. The molecule has 0 N–H and O–H groups in total. The fourth-order valence-electron chi connectivity index (χ4n) is 2.06. The van der Waals surface area contributed by atoms with Crippen molar-refractivity contribution in [3.63, 3.8) is 0 Å². The number of rotatable bonds is 4. The van der Waals surface area contributed by atoms with E-state index in [2.05, 4.69) is 19.1 Å². The highest BCUT2D eigenvalue weighted by atomic mass is 16.4. The van der Waals surface area contributed by atoms with Crippen molar-refractivity contribution in [1.82, 2.24) is 0 Å². The summed E-state index contributed by atoms with van der Waals surface area (Å²) >= 11 is 0. The number of hydrogen-bond donors (Lipinski definition) is 0. The van der Waals surface area contributed by atoms with Crippen LogP contribution in [-0.2, 0) is 6.42 Å². The van der Waals surface area contributed by atoms with Gasteiger partial charge in [0.05, 0.1) is 6.26 Å². The van der Waals surface area contributed by atoms with Gasteiger partial charge in [0, 0.05) is 5.56 Å². The highest BCUT2D eigenvalue weighted by molar-refractivity contribution is 5.21. The van der Waals surface area contributed by atoms with Gasteiger partial charge in [0.15, 0.2) is 0 Å². The lowest BCUT2D eigenvalue weighted by Gasteiger charge is -2.13. The van der Waals surface area contributed by atoms with Crippen molar-refractivity contribution in [3.8, 4) is 0 Å². The van der Waals surface area contributed by atoms with Crippen LogP contribution in [0.2, 0.25) is 0 Å². The summed E-state index contributed by atoms with van der Waals surface area (Å²) in [5, 5.41) is 0. The third-order valence-corrected chi connectivity index (χ3v) is 3.02. The number of hydrogen-bond acceptors (Lipinski definition) is 2. The predicted molar refractivity (Wildman–Crippen MR) is 68.2 cm³/mol. The van der Waals surface area contributed by atoms with Crippen molar-refractivity contribution in [3.05, 3.63) is 70.3 Å². The standard InChI is InChI=1S/C15H16O2/c1-2-13(11-12-7-4-3-5-8-12)14-9-6-10-17-15(14)16/h3-10,13H,2,11H2,1H3. The zero-order valence-electron chi connectivity index (χ0n) is 9.93. The second-order valence-electron chi connectivity index (χ2n) is 4.15. The minimum Gasteiger partial charge on any atom is -0.431 e. The molecular formula is C15H16O2. The summed E-state index contributed by atoms with van der Waals surface area (Å²) in [5.74, 6) is 0.231. The average molecular weight is 228 g/mol. The van der Waals surface area contributed by atoms with Crippen molar-refractivity contribution in [2.75, 3.05) is 0 Å². The molecule has 0 aliphatic carbocycles. The number of benzene rings is 1. The largest absolute Gasteiger partial charge is 0.431 e. The predicted octanol–water partition coefficient (Wildman–Crippen LogP) is 3.38. The molecule has 1 atom stereocenters. The summed E-state index contributed by atoms with van der Waals surface area (Å²) in [6.07, 6.45) is 3.25. The van der Waals surface area contributed by atoms with E-state index < -0.39 is 0 Å². The first-order valence-electron chi connectivity index (χ1n) is 5.93. The van der Waals surface area contributed by atoms with Crippen molar-refractivity contribution < 1.29 is 4.42 Å². The molecule has 0 amide bonds. The summed E-state index contributed by atoms with van der Waals surface area (Å²) < 4.78 is 4.92. The van der Waals surface area contributed by atoms with E-state index in [9.17, 15) is 4.79 Å². The molecule has 0 fully saturated rings. The van der Waals surface area contributed by atoms with Gasteiger partial charge < -0.3 is 4.42 Å². The first kappa shape index (κ1) is 11.6. The summed E-state index contributed by atoms with van der Waals surface area (Å²) in [6, 6.07) is 13.9. The molecule has 0 saturated heterocycles. The van der Waals surface area contributed by atoms with Gasteiger partial charge in [0.1, 0.15) is 0 Å². The Balaban J connectivity index is 2.24. The molecule has 2 aromatic rings. The lowest BCUT2D eigenvalue weighted by Crippen LogP contribution is -2.13. The highest BCUT2D eigenvalue weighted by Gasteiger charge is 2.14. The van der Waals surface area contributed by atoms with Crippen LogP contribution in [0.25, 0.3) is 0 Å². The van der Waals surface area contributed by atoms with Crippen LogP contribution < -0.4 is 5.63 Å². The summed E-state index contributed by atoms with van der Waals surface area (Å²) in [7, 11) is 0. The fourth-order valence-corrected chi connectivity index (χ4v) is 2.06. The first-order chi connectivity index (χ1) is 8.31. The Morgan fingerprint density at radius 2 is 1.88 bits per heavy atom. The van der Waals surface area contributed by atoms with E-state index >= 15 is 0 Å². The van der Waals surface area contributed by atoms with Gasteiger partial charge in [-0.05, 0) is 36.5 Å². The van der Waals surface area contributed by atoms with Crippen LogP contribution in [0.1, 0.15) is 30.4 Å². The average Bonchev–Trinajstić information content (AvgIpc) is 2.38. The van der Waals surface area contributed by atoms with Gasteiger partial charge in [-0.3, -0.25) is 0 Å². The molecule has 2 heteroatoms. The minimum atomic E-state index is -0.213. The van der Waals surface area contributed by atoms with Crippen LogP contribution in [-0.4, -0.2) is 0 Å². The van der Waals surface area contributed by atoms with E-state index in [0.717, 1.165) is 18.4 Å². The van der Waals surface area contributed by atoms with Gasteiger partial charge in [-0.25, -0.2) is 4.79 Å². The molecule has 0 aliphatic heterocycles. The molecule has 0 radical (unpaired) electrons. The van der Waals surface area contributed by atoms with Crippen LogP contribution in [0.15, 0.2) is 57.9 Å². The monoisotopic (exact) mass is 228 g/mol. The zero-order valence-corrected chi connectivity index (χ0v) is 9.93. The molecule has 0 bridgehead atoms.